The standard InChI is InChI=1S/C33H34F2N6O3S/c1-23-7-2-3-8-27(23)29-21-25(37-33(38-29)40-19-17-39(18-20-40)30-10-5-4-9-28(30)35)22-36-32(42)31-11-6-16-41(31)45(43,44)26-14-12-24(34)13-15-26/h2-5,7-10,12-15,21,31H,6,11,16-20,22H2,1H3,(H,36,42)/t31-/m0/s1. The van der Waals surface area contributed by atoms with Gasteiger partial charge >= 0.3 is 0 Å². The number of para-hydroxylation sites is 1. The fourth-order valence-corrected chi connectivity index (χ4v) is 7.55. The maximum atomic E-state index is 14.4. The van der Waals surface area contributed by atoms with Crippen molar-refractivity contribution in [2.24, 2.45) is 0 Å². The lowest BCUT2D eigenvalue weighted by Crippen LogP contribution is -2.47. The van der Waals surface area contributed by atoms with Gasteiger partial charge in [0, 0.05) is 38.3 Å². The molecule has 0 bridgehead atoms. The van der Waals surface area contributed by atoms with E-state index in [9.17, 15) is 22.0 Å². The first-order chi connectivity index (χ1) is 21.7. The van der Waals surface area contributed by atoms with Crippen LogP contribution >= 0.6 is 0 Å². The number of aryl methyl sites for hydroxylation is 1. The third-order valence-corrected chi connectivity index (χ3v) is 10.2. The Kier molecular flexibility index (Phi) is 8.77. The minimum absolute atomic E-state index is 0.0537. The Labute approximate surface area is 261 Å². The van der Waals surface area contributed by atoms with Crippen LogP contribution in [0, 0.1) is 18.6 Å². The van der Waals surface area contributed by atoms with Gasteiger partial charge in [-0.05, 0) is 67.8 Å². The van der Waals surface area contributed by atoms with Gasteiger partial charge in [-0.1, -0.05) is 36.4 Å². The molecule has 3 heterocycles. The minimum Gasteiger partial charge on any atom is -0.366 e. The van der Waals surface area contributed by atoms with Gasteiger partial charge in [0.1, 0.15) is 17.7 Å². The number of carbonyl (C=O) groups is 1. The summed E-state index contributed by atoms with van der Waals surface area (Å²) in [5.74, 6) is -0.706. The molecule has 3 aromatic carbocycles. The molecule has 6 rings (SSSR count). The predicted molar refractivity (Wildman–Crippen MR) is 168 cm³/mol. The summed E-state index contributed by atoms with van der Waals surface area (Å²) >= 11 is 0. The number of anilines is 2. The highest BCUT2D eigenvalue weighted by Crippen LogP contribution is 2.28. The highest BCUT2D eigenvalue weighted by molar-refractivity contribution is 7.89. The minimum atomic E-state index is -3.98. The Hall–Kier alpha value is -4.42. The summed E-state index contributed by atoms with van der Waals surface area (Å²) in [7, 11) is -3.98. The molecular formula is C33H34F2N6O3S. The molecule has 0 saturated carbocycles. The molecule has 2 saturated heterocycles. The number of benzene rings is 3. The van der Waals surface area contributed by atoms with E-state index in [0.29, 0.717) is 62.0 Å². The van der Waals surface area contributed by atoms with Crippen LogP contribution in [0.5, 0.6) is 0 Å². The predicted octanol–water partition coefficient (Wildman–Crippen LogP) is 4.53. The number of carbonyl (C=O) groups excluding carboxylic acids is 1. The quantitative estimate of drug-likeness (QED) is 0.305. The number of amides is 1. The molecule has 1 amide bonds. The Morgan fingerprint density at radius 2 is 1.58 bits per heavy atom. The summed E-state index contributed by atoms with van der Waals surface area (Å²) in [4.78, 5) is 27.1. The Balaban J connectivity index is 1.21. The van der Waals surface area contributed by atoms with Crippen molar-refractivity contribution in [2.75, 3.05) is 42.5 Å². The van der Waals surface area contributed by atoms with Crippen LogP contribution in [-0.4, -0.2) is 67.4 Å². The molecule has 2 fully saturated rings. The Bertz CT molecular complexity index is 1800. The van der Waals surface area contributed by atoms with Crippen molar-refractivity contribution < 1.29 is 22.0 Å². The van der Waals surface area contributed by atoms with Gasteiger partial charge in [-0.15, -0.1) is 0 Å². The second-order valence-electron chi connectivity index (χ2n) is 11.2. The third-order valence-electron chi connectivity index (χ3n) is 8.31. The van der Waals surface area contributed by atoms with E-state index in [-0.39, 0.29) is 23.8 Å². The second kappa shape index (κ2) is 12.9. The molecule has 0 aliphatic carbocycles. The first kappa shape index (κ1) is 30.6. The SMILES string of the molecule is Cc1ccccc1-c1cc(CNC(=O)[C@@H]2CCCN2S(=O)(=O)c2ccc(F)cc2)nc(N2CCN(c3ccccc3F)CC2)n1. The molecule has 1 aromatic heterocycles. The van der Waals surface area contributed by atoms with Crippen LogP contribution in [0.3, 0.4) is 0 Å². The third kappa shape index (κ3) is 6.52. The van der Waals surface area contributed by atoms with Crippen molar-refractivity contribution in [3.63, 3.8) is 0 Å². The van der Waals surface area contributed by atoms with E-state index in [4.69, 9.17) is 9.97 Å². The van der Waals surface area contributed by atoms with Crippen LogP contribution in [0.25, 0.3) is 11.3 Å². The van der Waals surface area contributed by atoms with E-state index >= 15 is 0 Å². The lowest BCUT2D eigenvalue weighted by atomic mass is 10.1. The fraction of sp³-hybridized carbons (Fsp3) is 0.303. The number of piperazine rings is 1. The van der Waals surface area contributed by atoms with Gasteiger partial charge in [0.2, 0.25) is 21.9 Å². The zero-order valence-corrected chi connectivity index (χ0v) is 25.7. The number of rotatable bonds is 8. The van der Waals surface area contributed by atoms with Crippen LogP contribution < -0.4 is 15.1 Å². The van der Waals surface area contributed by atoms with E-state index in [1.807, 2.05) is 48.2 Å². The van der Waals surface area contributed by atoms with Crippen molar-refractivity contribution in [3.8, 4) is 11.3 Å². The van der Waals surface area contributed by atoms with E-state index in [1.165, 1.54) is 22.5 Å². The monoisotopic (exact) mass is 632 g/mol. The average Bonchev–Trinajstić information content (AvgIpc) is 3.56. The number of nitrogens with zero attached hydrogens (tertiary/aromatic N) is 5. The highest BCUT2D eigenvalue weighted by atomic mass is 32.2. The molecule has 4 aromatic rings. The van der Waals surface area contributed by atoms with Crippen LogP contribution in [0.4, 0.5) is 20.4 Å². The first-order valence-corrected chi connectivity index (χ1v) is 16.4. The van der Waals surface area contributed by atoms with Crippen molar-refractivity contribution in [1.29, 1.82) is 0 Å². The van der Waals surface area contributed by atoms with Crippen molar-refractivity contribution >= 4 is 27.6 Å². The lowest BCUT2D eigenvalue weighted by Gasteiger charge is -2.36. The Morgan fingerprint density at radius 3 is 2.31 bits per heavy atom. The molecule has 0 unspecified atom stereocenters. The van der Waals surface area contributed by atoms with Gasteiger partial charge in [0.15, 0.2) is 0 Å². The molecule has 45 heavy (non-hydrogen) atoms. The van der Waals surface area contributed by atoms with Crippen LogP contribution in [0.15, 0.2) is 83.8 Å². The number of halogens is 2. The topological polar surface area (TPSA) is 98.7 Å². The van der Waals surface area contributed by atoms with Gasteiger partial charge in [0.25, 0.3) is 0 Å². The molecular weight excluding hydrogens is 598 g/mol. The molecule has 2 aliphatic heterocycles. The number of nitrogens with one attached hydrogen (secondary N) is 1. The zero-order valence-electron chi connectivity index (χ0n) is 24.9. The molecule has 0 spiro atoms. The van der Waals surface area contributed by atoms with Gasteiger partial charge < -0.3 is 15.1 Å². The summed E-state index contributed by atoms with van der Waals surface area (Å²) < 4.78 is 55.6. The maximum Gasteiger partial charge on any atom is 0.243 e. The maximum absolute atomic E-state index is 14.4. The van der Waals surface area contributed by atoms with Crippen molar-refractivity contribution in [1.82, 2.24) is 19.6 Å². The largest absolute Gasteiger partial charge is 0.366 e. The summed E-state index contributed by atoms with van der Waals surface area (Å²) in [6, 6.07) is 20.2. The fourth-order valence-electron chi connectivity index (χ4n) is 5.90. The molecule has 9 nitrogen and oxygen atoms in total. The molecule has 1 N–H and O–H groups in total. The van der Waals surface area contributed by atoms with Crippen LogP contribution in [0.2, 0.25) is 0 Å². The van der Waals surface area contributed by atoms with Gasteiger partial charge in [-0.25, -0.2) is 27.2 Å². The van der Waals surface area contributed by atoms with E-state index < -0.39 is 27.8 Å². The number of sulfonamides is 1. The lowest BCUT2D eigenvalue weighted by molar-refractivity contribution is -0.124. The van der Waals surface area contributed by atoms with Crippen molar-refractivity contribution in [3.05, 3.63) is 102 Å². The van der Waals surface area contributed by atoms with Gasteiger partial charge in [-0.3, -0.25) is 4.79 Å². The molecule has 12 heteroatoms. The first-order valence-electron chi connectivity index (χ1n) is 14.9. The Morgan fingerprint density at radius 1 is 0.889 bits per heavy atom. The normalized spacial score (nSPS) is 17.4. The number of hydrogen-bond acceptors (Lipinski definition) is 7. The zero-order chi connectivity index (χ0) is 31.6. The number of hydrogen-bond donors (Lipinski definition) is 1. The second-order valence-corrected chi connectivity index (χ2v) is 13.1. The van der Waals surface area contributed by atoms with Crippen LogP contribution in [-0.2, 0) is 21.4 Å². The molecule has 234 valence electrons. The van der Waals surface area contributed by atoms with Gasteiger partial charge in [0.05, 0.1) is 28.5 Å². The summed E-state index contributed by atoms with van der Waals surface area (Å²) in [6.07, 6.45) is 0.911. The molecule has 1 atom stereocenters. The van der Waals surface area contributed by atoms with Gasteiger partial charge in [-0.2, -0.15) is 4.31 Å². The van der Waals surface area contributed by atoms with E-state index in [2.05, 4.69) is 10.2 Å². The molecule has 0 radical (unpaired) electrons. The van der Waals surface area contributed by atoms with Crippen LogP contribution in [0.1, 0.15) is 24.1 Å². The summed E-state index contributed by atoms with van der Waals surface area (Å²) in [6.45, 7) is 4.61. The van der Waals surface area contributed by atoms with E-state index in [1.54, 1.807) is 12.1 Å². The molecule has 2 aliphatic rings. The summed E-state index contributed by atoms with van der Waals surface area (Å²) in [5, 5.41) is 2.90. The average molecular weight is 633 g/mol. The van der Waals surface area contributed by atoms with E-state index in [0.717, 1.165) is 23.3 Å². The van der Waals surface area contributed by atoms with Crippen molar-refractivity contribution in [2.45, 2.75) is 37.2 Å². The smallest absolute Gasteiger partial charge is 0.243 e. The summed E-state index contributed by atoms with van der Waals surface area (Å²) in [5.41, 5.74) is 3.83. The number of aromatic nitrogens is 2. The highest BCUT2D eigenvalue weighted by Gasteiger charge is 2.39.